The summed E-state index contributed by atoms with van der Waals surface area (Å²) in [6.45, 7) is 11.5. The van der Waals surface area contributed by atoms with Gasteiger partial charge in [-0.05, 0) is 37.5 Å². The van der Waals surface area contributed by atoms with Crippen molar-refractivity contribution in [2.24, 2.45) is 0 Å². The van der Waals surface area contributed by atoms with Crippen molar-refractivity contribution in [1.29, 1.82) is 0 Å². The van der Waals surface area contributed by atoms with Crippen molar-refractivity contribution in [2.45, 2.75) is 39.2 Å². The van der Waals surface area contributed by atoms with Crippen LogP contribution in [0.2, 0.25) is 0 Å². The van der Waals surface area contributed by atoms with E-state index in [1.807, 2.05) is 6.92 Å². The molecule has 24 heavy (non-hydrogen) atoms. The van der Waals surface area contributed by atoms with Crippen molar-refractivity contribution in [3.8, 4) is 0 Å². The van der Waals surface area contributed by atoms with Gasteiger partial charge >= 0.3 is 0 Å². The van der Waals surface area contributed by atoms with Gasteiger partial charge in [0.2, 0.25) is 0 Å². The standard InChI is InChI=1S/C19H25F2N3/c1-5-8-17(7-3)24-22-13-15(6-2)14(4)23-18-11-9-16(10-12-18)19(20)21/h6,9-14,19,22-24H,2-3,5,8H2,1,4H3/b15-13+. The first-order valence-electron chi connectivity index (χ1n) is 7.89. The number of hydrogen-bond acceptors (Lipinski definition) is 3. The molecule has 0 bridgehead atoms. The van der Waals surface area contributed by atoms with Crippen molar-refractivity contribution in [3.05, 3.63) is 72.3 Å². The van der Waals surface area contributed by atoms with Gasteiger partial charge in [0, 0.05) is 23.5 Å². The average molecular weight is 333 g/mol. The Labute approximate surface area is 142 Å². The Kier molecular flexibility index (Phi) is 8.37. The van der Waals surface area contributed by atoms with E-state index in [0.717, 1.165) is 29.8 Å². The number of hydrogen-bond donors (Lipinski definition) is 3. The van der Waals surface area contributed by atoms with E-state index in [1.165, 1.54) is 12.1 Å². The predicted molar refractivity (Wildman–Crippen MR) is 96.6 cm³/mol. The topological polar surface area (TPSA) is 36.1 Å². The number of anilines is 1. The maximum Gasteiger partial charge on any atom is 0.263 e. The molecule has 3 N–H and O–H groups in total. The third kappa shape index (κ3) is 6.31. The van der Waals surface area contributed by atoms with Crippen LogP contribution in [0.15, 0.2) is 66.7 Å². The van der Waals surface area contributed by atoms with Gasteiger partial charge in [0.05, 0.1) is 5.70 Å². The first-order chi connectivity index (χ1) is 11.5. The van der Waals surface area contributed by atoms with E-state index in [-0.39, 0.29) is 11.6 Å². The third-order valence-corrected chi connectivity index (χ3v) is 3.46. The number of alkyl halides is 2. The van der Waals surface area contributed by atoms with Crippen LogP contribution in [-0.2, 0) is 0 Å². The first kappa shape index (κ1) is 19.5. The molecule has 0 aromatic heterocycles. The molecule has 0 radical (unpaired) electrons. The SMILES string of the molecule is C=C=C(CCC)NN/C=C(\C=C)C(C)Nc1ccc(C(F)F)cc1. The summed E-state index contributed by atoms with van der Waals surface area (Å²) in [7, 11) is 0. The van der Waals surface area contributed by atoms with Gasteiger partial charge in [-0.25, -0.2) is 8.78 Å². The number of allylic oxidation sites excluding steroid dienone is 1. The zero-order valence-electron chi connectivity index (χ0n) is 14.2. The lowest BCUT2D eigenvalue weighted by molar-refractivity contribution is 0.151. The Hall–Kier alpha value is -2.52. The van der Waals surface area contributed by atoms with E-state index in [1.54, 1.807) is 24.4 Å². The predicted octanol–water partition coefficient (Wildman–Crippen LogP) is 5.06. The zero-order chi connectivity index (χ0) is 17.9. The van der Waals surface area contributed by atoms with Crippen molar-refractivity contribution in [2.75, 3.05) is 5.32 Å². The maximum absolute atomic E-state index is 12.6. The molecule has 0 aliphatic heterocycles. The van der Waals surface area contributed by atoms with Crippen LogP contribution >= 0.6 is 0 Å². The molecule has 0 saturated carbocycles. The van der Waals surface area contributed by atoms with Gasteiger partial charge in [0.1, 0.15) is 0 Å². The minimum atomic E-state index is -2.45. The van der Waals surface area contributed by atoms with Crippen LogP contribution in [0.1, 0.15) is 38.7 Å². The Morgan fingerprint density at radius 3 is 2.46 bits per heavy atom. The zero-order valence-corrected chi connectivity index (χ0v) is 14.2. The molecule has 0 amide bonds. The molecule has 0 aliphatic carbocycles. The lowest BCUT2D eigenvalue weighted by atomic mass is 10.1. The second-order valence-electron chi connectivity index (χ2n) is 5.31. The molecule has 0 heterocycles. The Bertz CT molecular complexity index is 600. The summed E-state index contributed by atoms with van der Waals surface area (Å²) in [5.74, 6) is 0. The van der Waals surface area contributed by atoms with Gasteiger partial charge in [-0.15, -0.1) is 5.73 Å². The van der Waals surface area contributed by atoms with Gasteiger partial charge in [-0.1, -0.05) is 38.3 Å². The van der Waals surface area contributed by atoms with E-state index in [9.17, 15) is 8.78 Å². The van der Waals surface area contributed by atoms with Crippen molar-refractivity contribution < 1.29 is 8.78 Å². The average Bonchev–Trinajstić information content (AvgIpc) is 2.58. The van der Waals surface area contributed by atoms with Crippen molar-refractivity contribution in [3.63, 3.8) is 0 Å². The highest BCUT2D eigenvalue weighted by atomic mass is 19.3. The summed E-state index contributed by atoms with van der Waals surface area (Å²) >= 11 is 0. The Morgan fingerprint density at radius 1 is 1.29 bits per heavy atom. The highest BCUT2D eigenvalue weighted by molar-refractivity contribution is 5.48. The molecule has 3 nitrogen and oxygen atoms in total. The minimum Gasteiger partial charge on any atom is -0.378 e. The van der Waals surface area contributed by atoms with Crippen LogP contribution < -0.4 is 16.2 Å². The molecular weight excluding hydrogens is 308 g/mol. The maximum atomic E-state index is 12.6. The first-order valence-corrected chi connectivity index (χ1v) is 7.89. The highest BCUT2D eigenvalue weighted by Gasteiger charge is 2.08. The number of benzene rings is 1. The fourth-order valence-corrected chi connectivity index (χ4v) is 2.07. The normalized spacial score (nSPS) is 12.3. The van der Waals surface area contributed by atoms with E-state index < -0.39 is 6.43 Å². The molecule has 130 valence electrons. The summed E-state index contributed by atoms with van der Waals surface area (Å²) in [5, 5.41) is 3.25. The smallest absolute Gasteiger partial charge is 0.263 e. The van der Waals surface area contributed by atoms with Crippen LogP contribution in [0, 0.1) is 0 Å². The molecule has 1 atom stereocenters. The number of hydrazine groups is 1. The van der Waals surface area contributed by atoms with Crippen LogP contribution in [0.5, 0.6) is 0 Å². The highest BCUT2D eigenvalue weighted by Crippen LogP contribution is 2.21. The van der Waals surface area contributed by atoms with Gasteiger partial charge in [-0.2, -0.15) is 0 Å². The molecule has 1 rings (SSSR count). The number of rotatable bonds is 10. The fraction of sp³-hybridized carbons (Fsp3) is 0.316. The molecule has 0 spiro atoms. The monoisotopic (exact) mass is 333 g/mol. The summed E-state index contributed by atoms with van der Waals surface area (Å²) in [6.07, 6.45) is 2.93. The third-order valence-electron chi connectivity index (χ3n) is 3.46. The second-order valence-corrected chi connectivity index (χ2v) is 5.31. The quantitative estimate of drug-likeness (QED) is 0.318. The molecule has 0 fully saturated rings. The van der Waals surface area contributed by atoms with Crippen LogP contribution in [0.25, 0.3) is 0 Å². The largest absolute Gasteiger partial charge is 0.378 e. The van der Waals surface area contributed by atoms with Crippen molar-refractivity contribution >= 4 is 5.69 Å². The summed E-state index contributed by atoms with van der Waals surface area (Å²) in [5.41, 5.74) is 11.5. The Morgan fingerprint density at radius 2 is 1.96 bits per heavy atom. The van der Waals surface area contributed by atoms with Gasteiger partial charge in [-0.3, -0.25) is 5.43 Å². The summed E-state index contributed by atoms with van der Waals surface area (Å²) in [6, 6.07) is 6.08. The molecule has 1 aromatic rings. The molecule has 1 unspecified atom stereocenters. The van der Waals surface area contributed by atoms with Gasteiger partial charge in [0.15, 0.2) is 0 Å². The molecule has 0 aliphatic rings. The van der Waals surface area contributed by atoms with Gasteiger partial charge < -0.3 is 10.7 Å². The molecule has 5 heteroatoms. The lowest BCUT2D eigenvalue weighted by Gasteiger charge is -2.18. The molecule has 0 saturated heterocycles. The molecular formula is C19H25F2N3. The summed E-state index contributed by atoms with van der Waals surface area (Å²) in [4.78, 5) is 0. The van der Waals surface area contributed by atoms with Crippen LogP contribution in [-0.4, -0.2) is 6.04 Å². The number of nitrogens with one attached hydrogen (secondary N) is 3. The van der Waals surface area contributed by atoms with Gasteiger partial charge in [0.25, 0.3) is 6.43 Å². The Balaban J connectivity index is 2.65. The second kappa shape index (κ2) is 10.3. The fourth-order valence-electron chi connectivity index (χ4n) is 2.07. The van der Waals surface area contributed by atoms with E-state index >= 15 is 0 Å². The van der Waals surface area contributed by atoms with E-state index in [2.05, 4.69) is 42.0 Å². The van der Waals surface area contributed by atoms with E-state index in [0.29, 0.717) is 0 Å². The summed E-state index contributed by atoms with van der Waals surface area (Å²) < 4.78 is 25.1. The van der Waals surface area contributed by atoms with Crippen LogP contribution in [0.3, 0.4) is 0 Å². The van der Waals surface area contributed by atoms with Crippen molar-refractivity contribution in [1.82, 2.24) is 10.9 Å². The van der Waals surface area contributed by atoms with E-state index in [4.69, 9.17) is 0 Å². The number of halogens is 2. The lowest BCUT2D eigenvalue weighted by Crippen LogP contribution is -2.28. The van der Waals surface area contributed by atoms with Crippen LogP contribution in [0.4, 0.5) is 14.5 Å². The minimum absolute atomic E-state index is 0.0122. The molecule has 1 aromatic carbocycles.